The van der Waals surface area contributed by atoms with Gasteiger partial charge >= 0.3 is 0 Å². The topological polar surface area (TPSA) is 16.4 Å². The molecule has 0 aliphatic heterocycles. The van der Waals surface area contributed by atoms with Crippen LogP contribution in [0.2, 0.25) is 0 Å². The van der Waals surface area contributed by atoms with Crippen LogP contribution in [0.25, 0.3) is 109 Å². The Morgan fingerprint density at radius 1 is 0.297 bits per heavy atom. The Morgan fingerprint density at radius 2 is 0.844 bits per heavy atom. The molecule has 1 heterocycles. The molecule has 0 fully saturated rings. The molecule has 13 rings (SSSR count). The lowest BCUT2D eigenvalue weighted by Crippen LogP contribution is -2.12. The third kappa shape index (κ3) is 5.59. The molecule has 0 aliphatic rings. The molecule has 0 bridgehead atoms. The number of hydrogen-bond donors (Lipinski definition) is 0. The minimum Gasteiger partial charge on any atom is -0.455 e. The van der Waals surface area contributed by atoms with Crippen LogP contribution in [0.15, 0.2) is 241 Å². The monoisotopic (exact) mass is 813 g/mol. The molecule has 0 saturated heterocycles. The van der Waals surface area contributed by atoms with Crippen molar-refractivity contribution in [2.24, 2.45) is 0 Å². The summed E-state index contributed by atoms with van der Waals surface area (Å²) in [5.74, 6) is 0. The molecule has 298 valence electrons. The molecule has 0 saturated carbocycles. The second-order valence-electron chi connectivity index (χ2n) is 16.7. The first-order valence-electron chi connectivity index (χ1n) is 22.0. The Bertz CT molecular complexity index is 3960. The van der Waals surface area contributed by atoms with Crippen molar-refractivity contribution in [1.82, 2.24) is 0 Å². The van der Waals surface area contributed by atoms with E-state index in [1.807, 2.05) is 0 Å². The number of benzene rings is 12. The van der Waals surface area contributed by atoms with Crippen molar-refractivity contribution in [2.45, 2.75) is 0 Å². The second kappa shape index (κ2) is 14.6. The van der Waals surface area contributed by atoms with Crippen molar-refractivity contribution in [3.8, 4) is 33.4 Å². The van der Waals surface area contributed by atoms with Crippen molar-refractivity contribution in [3.05, 3.63) is 237 Å². The SMILES string of the molecule is c1ccc(-c2c(-c3ccccc3)c3cc(N(c4ccccc4-c4cccc5oc6c7ccccc7ccc6c45)c4cc5ccccc5c5ccccc45)ccc3c3ccccc23)cc1. The van der Waals surface area contributed by atoms with E-state index in [1.54, 1.807) is 0 Å². The molecule has 0 N–H and O–H groups in total. The quantitative estimate of drug-likeness (QED) is 0.156. The number of fused-ring (bicyclic) bond motifs is 11. The van der Waals surface area contributed by atoms with Crippen LogP contribution >= 0.6 is 0 Å². The molecular formula is C62H39NO. The molecule has 0 unspecified atom stereocenters. The third-order valence-electron chi connectivity index (χ3n) is 13.2. The fourth-order valence-corrected chi connectivity index (χ4v) is 10.4. The second-order valence-corrected chi connectivity index (χ2v) is 16.7. The van der Waals surface area contributed by atoms with E-state index in [4.69, 9.17) is 4.42 Å². The van der Waals surface area contributed by atoms with E-state index in [0.29, 0.717) is 0 Å². The summed E-state index contributed by atoms with van der Waals surface area (Å²) >= 11 is 0. The van der Waals surface area contributed by atoms with Crippen molar-refractivity contribution in [3.63, 3.8) is 0 Å². The summed E-state index contributed by atoms with van der Waals surface area (Å²) in [5.41, 5.74) is 12.1. The molecular weight excluding hydrogens is 775 g/mol. The zero-order chi connectivity index (χ0) is 42.1. The molecule has 0 spiro atoms. The average Bonchev–Trinajstić information content (AvgIpc) is 3.76. The van der Waals surface area contributed by atoms with Crippen LogP contribution in [0.3, 0.4) is 0 Å². The van der Waals surface area contributed by atoms with Gasteiger partial charge in [-0.2, -0.15) is 0 Å². The van der Waals surface area contributed by atoms with Gasteiger partial charge in [-0.15, -0.1) is 0 Å². The van der Waals surface area contributed by atoms with Crippen LogP contribution in [0.5, 0.6) is 0 Å². The molecule has 12 aromatic carbocycles. The largest absolute Gasteiger partial charge is 0.455 e. The predicted molar refractivity (Wildman–Crippen MR) is 272 cm³/mol. The van der Waals surface area contributed by atoms with Gasteiger partial charge in [0.2, 0.25) is 0 Å². The summed E-state index contributed by atoms with van der Waals surface area (Å²) in [6, 6.07) is 86.2. The smallest absolute Gasteiger partial charge is 0.143 e. The van der Waals surface area contributed by atoms with Crippen LogP contribution < -0.4 is 4.90 Å². The highest BCUT2D eigenvalue weighted by atomic mass is 16.3. The molecule has 64 heavy (non-hydrogen) atoms. The van der Waals surface area contributed by atoms with E-state index in [-0.39, 0.29) is 0 Å². The van der Waals surface area contributed by atoms with Crippen LogP contribution in [-0.2, 0) is 0 Å². The minimum absolute atomic E-state index is 0.875. The zero-order valence-electron chi connectivity index (χ0n) is 34.9. The van der Waals surface area contributed by atoms with Crippen molar-refractivity contribution < 1.29 is 4.42 Å². The van der Waals surface area contributed by atoms with E-state index in [2.05, 4.69) is 241 Å². The molecule has 2 nitrogen and oxygen atoms in total. The molecule has 0 amide bonds. The molecule has 13 aromatic rings. The first kappa shape index (κ1) is 36.2. The lowest BCUT2D eigenvalue weighted by Gasteiger charge is -2.30. The van der Waals surface area contributed by atoms with Crippen LogP contribution in [0, 0.1) is 0 Å². The standard InChI is InChI=1S/C62H39NO/c1-3-19-41(20-4-1)59-52-30-14-12-27-48(52)49-37-35-44(39-55(49)60(59)42-21-5-2-6-22-42)63(57-38-43-23-8-9-24-45(43)47-26-11-13-28-50(47)57)56-32-16-15-29-51(56)53-31-17-33-58-61(53)54-36-34-40-18-7-10-25-46(40)62(54)64-58/h1-39H. The zero-order valence-corrected chi connectivity index (χ0v) is 34.9. The van der Waals surface area contributed by atoms with Gasteiger partial charge < -0.3 is 9.32 Å². The predicted octanol–water partition coefficient (Wildman–Crippen LogP) is 17.8. The Labute approximate surface area is 370 Å². The summed E-state index contributed by atoms with van der Waals surface area (Å²) in [6.45, 7) is 0. The van der Waals surface area contributed by atoms with Gasteiger partial charge in [-0.1, -0.05) is 200 Å². The summed E-state index contributed by atoms with van der Waals surface area (Å²) in [6.07, 6.45) is 0. The fraction of sp³-hybridized carbons (Fsp3) is 0. The first-order valence-corrected chi connectivity index (χ1v) is 22.0. The summed E-state index contributed by atoms with van der Waals surface area (Å²) in [5, 5.41) is 14.2. The molecule has 0 aliphatic carbocycles. The van der Waals surface area contributed by atoms with Gasteiger partial charge in [-0.25, -0.2) is 0 Å². The minimum atomic E-state index is 0.875. The van der Waals surface area contributed by atoms with E-state index in [0.717, 1.165) is 55.5 Å². The van der Waals surface area contributed by atoms with Gasteiger partial charge in [0.15, 0.2) is 0 Å². The van der Waals surface area contributed by atoms with Gasteiger partial charge in [0, 0.05) is 32.8 Å². The van der Waals surface area contributed by atoms with E-state index >= 15 is 0 Å². The Kier molecular flexibility index (Phi) is 8.25. The number of nitrogens with zero attached hydrogens (tertiary/aromatic N) is 1. The number of anilines is 3. The average molecular weight is 814 g/mol. The lowest BCUT2D eigenvalue weighted by molar-refractivity contribution is 0.673. The van der Waals surface area contributed by atoms with Gasteiger partial charge in [0.05, 0.1) is 11.4 Å². The lowest BCUT2D eigenvalue weighted by atomic mass is 9.84. The summed E-state index contributed by atoms with van der Waals surface area (Å²) in [7, 11) is 0. The first-order chi connectivity index (χ1) is 31.8. The molecule has 0 atom stereocenters. The van der Waals surface area contributed by atoms with E-state index in [1.165, 1.54) is 70.7 Å². The highest BCUT2D eigenvalue weighted by Gasteiger charge is 2.25. The maximum absolute atomic E-state index is 6.78. The molecule has 0 radical (unpaired) electrons. The normalized spacial score (nSPS) is 11.8. The van der Waals surface area contributed by atoms with Gasteiger partial charge in [0.1, 0.15) is 11.2 Å². The van der Waals surface area contributed by atoms with Crippen molar-refractivity contribution >= 4 is 92.9 Å². The van der Waals surface area contributed by atoms with Crippen molar-refractivity contribution in [2.75, 3.05) is 4.90 Å². The Morgan fingerprint density at radius 3 is 1.61 bits per heavy atom. The third-order valence-corrected chi connectivity index (χ3v) is 13.2. The number of furan rings is 1. The maximum Gasteiger partial charge on any atom is 0.143 e. The highest BCUT2D eigenvalue weighted by molar-refractivity contribution is 6.24. The maximum atomic E-state index is 6.78. The summed E-state index contributed by atoms with van der Waals surface area (Å²) in [4.78, 5) is 2.51. The molecule has 2 heteroatoms. The Balaban J connectivity index is 1.16. The van der Waals surface area contributed by atoms with Crippen LogP contribution in [0.4, 0.5) is 17.1 Å². The summed E-state index contributed by atoms with van der Waals surface area (Å²) < 4.78 is 6.78. The van der Waals surface area contributed by atoms with Gasteiger partial charge in [0.25, 0.3) is 0 Å². The van der Waals surface area contributed by atoms with E-state index in [9.17, 15) is 0 Å². The number of rotatable bonds is 6. The highest BCUT2D eigenvalue weighted by Crippen LogP contribution is 2.51. The van der Waals surface area contributed by atoms with Gasteiger partial charge in [-0.05, 0) is 107 Å². The number of para-hydroxylation sites is 1. The van der Waals surface area contributed by atoms with E-state index < -0.39 is 0 Å². The van der Waals surface area contributed by atoms with Crippen molar-refractivity contribution in [1.29, 1.82) is 0 Å². The number of hydrogen-bond acceptors (Lipinski definition) is 2. The Hall–Kier alpha value is -8.46. The molecule has 1 aromatic heterocycles. The van der Waals surface area contributed by atoms with Crippen LogP contribution in [0.1, 0.15) is 0 Å². The fourth-order valence-electron chi connectivity index (χ4n) is 10.4. The van der Waals surface area contributed by atoms with Crippen LogP contribution in [-0.4, -0.2) is 0 Å². The van der Waals surface area contributed by atoms with Gasteiger partial charge in [-0.3, -0.25) is 0 Å².